The Kier molecular flexibility index (Phi) is 8.47. The minimum Gasteiger partial charge on any atom is -0.310 e. The van der Waals surface area contributed by atoms with Crippen LogP contribution in [-0.4, -0.2) is 4.57 Å². The minimum absolute atomic E-state index is 0.458. The molecule has 12 aromatic rings. The van der Waals surface area contributed by atoms with Gasteiger partial charge in [0, 0.05) is 33.5 Å². The molecule has 1 aliphatic rings. The van der Waals surface area contributed by atoms with Gasteiger partial charge in [0.15, 0.2) is 0 Å². The molecule has 0 saturated carbocycles. The molecule has 1 aromatic heterocycles. The van der Waals surface area contributed by atoms with Crippen molar-refractivity contribution in [1.82, 2.24) is 4.57 Å². The minimum atomic E-state index is -0.458. The van der Waals surface area contributed by atoms with E-state index in [2.05, 4.69) is 264 Å². The molecule has 0 unspecified atom stereocenters. The van der Waals surface area contributed by atoms with Gasteiger partial charge < -0.3 is 9.47 Å². The number of hydrogen-bond acceptors (Lipinski definition) is 1. The van der Waals surface area contributed by atoms with Crippen LogP contribution >= 0.6 is 0 Å². The Labute approximate surface area is 378 Å². The maximum Gasteiger partial charge on any atom is 0.0713 e. The molecule has 13 rings (SSSR count). The van der Waals surface area contributed by atoms with Crippen LogP contribution in [0, 0.1) is 0 Å². The summed E-state index contributed by atoms with van der Waals surface area (Å²) in [7, 11) is 0. The summed E-state index contributed by atoms with van der Waals surface area (Å²) in [5.74, 6) is 0. The average molecular weight is 827 g/mol. The molecule has 0 saturated heterocycles. The van der Waals surface area contributed by atoms with Crippen molar-refractivity contribution in [1.29, 1.82) is 0 Å². The van der Waals surface area contributed by atoms with Gasteiger partial charge in [0.2, 0.25) is 0 Å². The van der Waals surface area contributed by atoms with Gasteiger partial charge in [-0.25, -0.2) is 0 Å². The van der Waals surface area contributed by atoms with E-state index in [1.54, 1.807) is 0 Å². The van der Waals surface area contributed by atoms with E-state index < -0.39 is 5.41 Å². The Hall–Kier alpha value is -8.46. The van der Waals surface area contributed by atoms with Crippen LogP contribution in [0.2, 0.25) is 0 Å². The molecule has 2 nitrogen and oxygen atoms in total. The number of para-hydroxylation sites is 2. The van der Waals surface area contributed by atoms with Crippen molar-refractivity contribution in [2.75, 3.05) is 4.90 Å². The number of anilines is 3. The van der Waals surface area contributed by atoms with Crippen LogP contribution in [0.5, 0.6) is 0 Å². The lowest BCUT2D eigenvalue weighted by Gasteiger charge is -2.34. The van der Waals surface area contributed by atoms with Crippen molar-refractivity contribution in [3.63, 3.8) is 0 Å². The van der Waals surface area contributed by atoms with E-state index in [0.717, 1.165) is 22.7 Å². The summed E-state index contributed by atoms with van der Waals surface area (Å²) in [6.45, 7) is 0. The predicted molar refractivity (Wildman–Crippen MR) is 273 cm³/mol. The van der Waals surface area contributed by atoms with Crippen LogP contribution < -0.4 is 4.90 Å². The third-order valence-electron chi connectivity index (χ3n) is 13.9. The molecule has 304 valence electrons. The highest BCUT2D eigenvalue weighted by Crippen LogP contribution is 2.56. The normalized spacial score (nSPS) is 12.7. The van der Waals surface area contributed by atoms with Crippen LogP contribution in [0.3, 0.4) is 0 Å². The topological polar surface area (TPSA) is 8.17 Å². The van der Waals surface area contributed by atoms with Gasteiger partial charge in [-0.05, 0) is 127 Å². The van der Waals surface area contributed by atoms with Gasteiger partial charge in [0.25, 0.3) is 0 Å². The van der Waals surface area contributed by atoms with Crippen molar-refractivity contribution in [3.05, 3.63) is 277 Å². The van der Waals surface area contributed by atoms with Gasteiger partial charge in [-0.15, -0.1) is 0 Å². The van der Waals surface area contributed by atoms with Gasteiger partial charge in [0.05, 0.1) is 16.4 Å². The van der Waals surface area contributed by atoms with Crippen LogP contribution in [0.15, 0.2) is 255 Å². The van der Waals surface area contributed by atoms with Crippen molar-refractivity contribution in [2.24, 2.45) is 0 Å². The second-order valence-electron chi connectivity index (χ2n) is 17.2. The number of rotatable bonds is 7. The molecule has 1 aliphatic carbocycles. The second-order valence-corrected chi connectivity index (χ2v) is 17.2. The summed E-state index contributed by atoms with van der Waals surface area (Å²) in [6.07, 6.45) is 0. The molecule has 0 spiro atoms. The first kappa shape index (κ1) is 37.1. The molecule has 2 heteroatoms. The molecular formula is C63H42N2. The fourth-order valence-electron chi connectivity index (χ4n) is 11.0. The summed E-state index contributed by atoms with van der Waals surface area (Å²) in [5.41, 5.74) is 16.5. The fraction of sp³-hybridized carbons (Fsp3) is 0.0159. The summed E-state index contributed by atoms with van der Waals surface area (Å²) >= 11 is 0. The molecule has 0 fully saturated rings. The van der Waals surface area contributed by atoms with Crippen molar-refractivity contribution >= 4 is 60.4 Å². The molecule has 0 bridgehead atoms. The van der Waals surface area contributed by atoms with Crippen LogP contribution in [0.25, 0.3) is 71.3 Å². The number of aromatic nitrogens is 1. The zero-order valence-electron chi connectivity index (χ0n) is 35.6. The van der Waals surface area contributed by atoms with Gasteiger partial charge >= 0.3 is 0 Å². The maximum atomic E-state index is 2.40. The van der Waals surface area contributed by atoms with E-state index in [9.17, 15) is 0 Å². The Morgan fingerprint density at radius 1 is 0.308 bits per heavy atom. The molecular weight excluding hydrogens is 785 g/mol. The van der Waals surface area contributed by atoms with E-state index in [4.69, 9.17) is 0 Å². The SMILES string of the molecule is c1ccc(C2(c3ccc(N(c4ccc(-c5ccc(-n6c7ccccc7c7ccccc76)cc5)cc4)c4ccc5c(ccc6ccccc65)c4)cc3)c3ccccc3-c3ccccc32)cc1. The van der Waals surface area contributed by atoms with Crippen LogP contribution in [-0.2, 0) is 5.41 Å². The summed E-state index contributed by atoms with van der Waals surface area (Å²) < 4.78 is 2.37. The van der Waals surface area contributed by atoms with Crippen LogP contribution in [0.1, 0.15) is 22.3 Å². The highest BCUT2D eigenvalue weighted by Gasteiger charge is 2.45. The average Bonchev–Trinajstić information content (AvgIpc) is 3.88. The van der Waals surface area contributed by atoms with E-state index in [-0.39, 0.29) is 0 Å². The van der Waals surface area contributed by atoms with Gasteiger partial charge in [-0.3, -0.25) is 0 Å². The lowest BCUT2D eigenvalue weighted by atomic mass is 9.68. The lowest BCUT2D eigenvalue weighted by molar-refractivity contribution is 0.768. The number of hydrogen-bond donors (Lipinski definition) is 0. The van der Waals surface area contributed by atoms with E-state index >= 15 is 0 Å². The Balaban J connectivity index is 0.920. The summed E-state index contributed by atoms with van der Waals surface area (Å²) in [4.78, 5) is 2.40. The first-order valence-corrected chi connectivity index (χ1v) is 22.5. The zero-order valence-corrected chi connectivity index (χ0v) is 35.6. The summed E-state index contributed by atoms with van der Waals surface area (Å²) in [5, 5.41) is 7.53. The van der Waals surface area contributed by atoms with Gasteiger partial charge in [-0.1, -0.05) is 194 Å². The monoisotopic (exact) mass is 826 g/mol. The van der Waals surface area contributed by atoms with Gasteiger partial charge in [0.1, 0.15) is 0 Å². The largest absolute Gasteiger partial charge is 0.310 e. The molecule has 0 radical (unpaired) electrons. The van der Waals surface area contributed by atoms with Crippen molar-refractivity contribution in [3.8, 4) is 27.9 Å². The molecule has 65 heavy (non-hydrogen) atoms. The third kappa shape index (κ3) is 5.74. The fourth-order valence-corrected chi connectivity index (χ4v) is 11.0. The summed E-state index contributed by atoms with van der Waals surface area (Å²) in [6, 6.07) is 93.8. The molecule has 11 aromatic carbocycles. The smallest absolute Gasteiger partial charge is 0.0713 e. The van der Waals surface area contributed by atoms with E-state index in [0.29, 0.717) is 0 Å². The third-order valence-corrected chi connectivity index (χ3v) is 13.9. The Morgan fingerprint density at radius 3 is 1.42 bits per heavy atom. The van der Waals surface area contributed by atoms with E-state index in [1.807, 2.05) is 0 Å². The maximum absolute atomic E-state index is 2.40. The number of fused-ring (bicyclic) bond motifs is 9. The molecule has 0 N–H and O–H groups in total. The predicted octanol–water partition coefficient (Wildman–Crippen LogP) is 16.6. The van der Waals surface area contributed by atoms with Gasteiger partial charge in [-0.2, -0.15) is 0 Å². The Morgan fingerprint density at radius 2 is 0.769 bits per heavy atom. The van der Waals surface area contributed by atoms with E-state index in [1.165, 1.54) is 87.9 Å². The zero-order chi connectivity index (χ0) is 42.9. The highest BCUT2D eigenvalue weighted by atomic mass is 15.1. The first-order chi connectivity index (χ1) is 32.2. The Bertz CT molecular complexity index is 3650. The molecule has 0 aliphatic heterocycles. The molecule has 1 heterocycles. The first-order valence-electron chi connectivity index (χ1n) is 22.5. The quantitative estimate of drug-likeness (QED) is 0.145. The highest BCUT2D eigenvalue weighted by molar-refractivity contribution is 6.10. The molecule has 0 amide bonds. The van der Waals surface area contributed by atoms with Crippen molar-refractivity contribution < 1.29 is 0 Å². The standard InChI is InChI=1S/C63H42N2/c1-2-15-47(16-3-1)63(59-22-10-6-18-55(59)56-19-7-11-23-60(56)63)48-32-38-50(39-33-48)64(52-40-41-54-46(42-52)27-26-45-14-4-5-17-53(45)54)49-34-28-43(29-35-49)44-30-36-51(37-31-44)65-61-24-12-8-20-57(61)58-21-9-13-25-62(58)65/h1-42H. The molecule has 0 atom stereocenters. The van der Waals surface area contributed by atoms with Crippen LogP contribution in [0.4, 0.5) is 17.1 Å². The second kappa shape index (κ2) is 14.8. The van der Waals surface area contributed by atoms with Crippen molar-refractivity contribution in [2.45, 2.75) is 5.41 Å². The number of nitrogens with zero attached hydrogens (tertiary/aromatic N) is 2. The number of benzene rings is 11. The lowest BCUT2D eigenvalue weighted by Crippen LogP contribution is -2.28.